The topological polar surface area (TPSA) is 68.3 Å². The van der Waals surface area contributed by atoms with Crippen molar-refractivity contribution in [1.82, 2.24) is 10.3 Å². The minimum atomic E-state index is -4.76. The van der Waals surface area contributed by atoms with Gasteiger partial charge in [-0.05, 0) is 25.0 Å². The van der Waals surface area contributed by atoms with Gasteiger partial charge in [0.15, 0.2) is 12.3 Å². The number of rotatable bonds is 4. The van der Waals surface area contributed by atoms with E-state index in [-0.39, 0.29) is 6.04 Å². The van der Waals surface area contributed by atoms with Crippen molar-refractivity contribution in [3.05, 3.63) is 29.6 Å². The highest BCUT2D eigenvalue weighted by molar-refractivity contribution is 5.92. The van der Waals surface area contributed by atoms with E-state index < -0.39 is 35.9 Å². The Bertz CT molecular complexity index is 555. The van der Waals surface area contributed by atoms with Crippen LogP contribution >= 0.6 is 0 Å². The SMILES string of the molecule is O=C(COC(=O)c1cccnc1C(F)(F)F)NC1CCCC1. The fraction of sp³-hybridized carbons (Fsp3) is 0.500. The van der Waals surface area contributed by atoms with E-state index in [9.17, 15) is 22.8 Å². The lowest BCUT2D eigenvalue weighted by atomic mass is 10.2. The van der Waals surface area contributed by atoms with Gasteiger partial charge in [0.1, 0.15) is 0 Å². The van der Waals surface area contributed by atoms with Gasteiger partial charge in [-0.15, -0.1) is 0 Å². The van der Waals surface area contributed by atoms with Crippen LogP contribution in [0.25, 0.3) is 0 Å². The average Bonchev–Trinajstić information content (AvgIpc) is 2.96. The number of aromatic nitrogens is 1. The maximum atomic E-state index is 12.7. The third-order valence-corrected chi connectivity index (χ3v) is 3.35. The van der Waals surface area contributed by atoms with Crippen molar-refractivity contribution < 1.29 is 27.5 Å². The Balaban J connectivity index is 1.93. The molecule has 1 aliphatic rings. The number of hydrogen-bond donors (Lipinski definition) is 1. The molecule has 0 radical (unpaired) electrons. The minimum Gasteiger partial charge on any atom is -0.452 e. The van der Waals surface area contributed by atoms with Gasteiger partial charge >= 0.3 is 12.1 Å². The van der Waals surface area contributed by atoms with Crippen molar-refractivity contribution in [2.24, 2.45) is 0 Å². The molecule has 0 unspecified atom stereocenters. The molecule has 0 atom stereocenters. The van der Waals surface area contributed by atoms with E-state index in [0.29, 0.717) is 0 Å². The van der Waals surface area contributed by atoms with Crippen LogP contribution in [0.2, 0.25) is 0 Å². The Morgan fingerprint density at radius 2 is 2.00 bits per heavy atom. The summed E-state index contributed by atoms with van der Waals surface area (Å²) in [5.74, 6) is -1.74. The van der Waals surface area contributed by atoms with Crippen LogP contribution in [0.5, 0.6) is 0 Å². The Labute approximate surface area is 124 Å². The van der Waals surface area contributed by atoms with Gasteiger partial charge in [0.25, 0.3) is 5.91 Å². The van der Waals surface area contributed by atoms with Crippen LogP contribution in [0, 0.1) is 0 Å². The number of esters is 1. The number of amides is 1. The van der Waals surface area contributed by atoms with Gasteiger partial charge in [-0.1, -0.05) is 12.8 Å². The summed E-state index contributed by atoms with van der Waals surface area (Å²) in [6.07, 6.45) is -0.0557. The Hall–Kier alpha value is -2.12. The van der Waals surface area contributed by atoms with E-state index in [1.807, 2.05) is 0 Å². The fourth-order valence-corrected chi connectivity index (χ4v) is 2.34. The molecule has 1 fully saturated rings. The van der Waals surface area contributed by atoms with Gasteiger partial charge in [-0.25, -0.2) is 4.79 Å². The zero-order valence-electron chi connectivity index (χ0n) is 11.7. The van der Waals surface area contributed by atoms with E-state index in [2.05, 4.69) is 15.0 Å². The Morgan fingerprint density at radius 1 is 1.32 bits per heavy atom. The van der Waals surface area contributed by atoms with E-state index in [1.165, 1.54) is 6.07 Å². The summed E-state index contributed by atoms with van der Waals surface area (Å²) in [6, 6.07) is 2.22. The van der Waals surface area contributed by atoms with Gasteiger partial charge in [0.05, 0.1) is 5.56 Å². The van der Waals surface area contributed by atoms with Gasteiger partial charge in [-0.3, -0.25) is 9.78 Å². The molecule has 1 heterocycles. The summed E-state index contributed by atoms with van der Waals surface area (Å²) in [4.78, 5) is 26.5. The standard InChI is InChI=1S/C14H15F3N2O3/c15-14(16,17)12-10(6-3-7-18-12)13(21)22-8-11(20)19-9-4-1-2-5-9/h3,6-7,9H,1-2,4-5,8H2,(H,19,20). The summed E-state index contributed by atoms with van der Waals surface area (Å²) in [6.45, 7) is -0.610. The maximum absolute atomic E-state index is 12.7. The first-order chi connectivity index (χ1) is 10.4. The predicted molar refractivity (Wildman–Crippen MR) is 69.9 cm³/mol. The zero-order valence-corrected chi connectivity index (χ0v) is 11.7. The molecule has 0 aliphatic heterocycles. The number of nitrogens with one attached hydrogen (secondary N) is 1. The number of carbonyl (C=O) groups is 2. The van der Waals surface area contributed by atoms with Crippen LogP contribution < -0.4 is 5.32 Å². The molecule has 2 rings (SSSR count). The predicted octanol–water partition coefficient (Wildman–Crippen LogP) is 2.32. The first-order valence-corrected chi connectivity index (χ1v) is 6.86. The summed E-state index contributed by atoms with van der Waals surface area (Å²) >= 11 is 0. The molecule has 22 heavy (non-hydrogen) atoms. The number of pyridine rings is 1. The fourth-order valence-electron chi connectivity index (χ4n) is 2.34. The third kappa shape index (κ3) is 4.19. The molecule has 0 spiro atoms. The summed E-state index contributed by atoms with van der Waals surface area (Å²) in [5, 5.41) is 2.68. The van der Waals surface area contributed by atoms with Crippen molar-refractivity contribution in [2.75, 3.05) is 6.61 Å². The smallest absolute Gasteiger partial charge is 0.434 e. The largest absolute Gasteiger partial charge is 0.452 e. The second-order valence-corrected chi connectivity index (χ2v) is 5.02. The molecule has 1 saturated carbocycles. The molecule has 0 aromatic carbocycles. The summed E-state index contributed by atoms with van der Waals surface area (Å²) < 4.78 is 42.8. The molecule has 5 nitrogen and oxygen atoms in total. The lowest BCUT2D eigenvalue weighted by molar-refractivity contribution is -0.141. The molecule has 1 N–H and O–H groups in total. The third-order valence-electron chi connectivity index (χ3n) is 3.35. The number of hydrogen-bond acceptors (Lipinski definition) is 4. The Kier molecular flexibility index (Phi) is 4.99. The summed E-state index contributed by atoms with van der Waals surface area (Å²) in [5.41, 5.74) is -2.03. The van der Waals surface area contributed by atoms with Gasteiger partial charge < -0.3 is 10.1 Å². The van der Waals surface area contributed by atoms with Crippen LogP contribution in [0.4, 0.5) is 13.2 Å². The van der Waals surface area contributed by atoms with E-state index in [1.54, 1.807) is 0 Å². The molecule has 0 saturated heterocycles. The van der Waals surface area contributed by atoms with Crippen LogP contribution in [0.3, 0.4) is 0 Å². The normalized spacial score (nSPS) is 15.6. The van der Waals surface area contributed by atoms with Gasteiger partial charge in [-0.2, -0.15) is 13.2 Å². The Morgan fingerprint density at radius 3 is 2.64 bits per heavy atom. The van der Waals surface area contributed by atoms with Gasteiger partial charge in [0, 0.05) is 12.2 Å². The van der Waals surface area contributed by atoms with Crippen LogP contribution in [-0.2, 0) is 15.7 Å². The van der Waals surface area contributed by atoms with E-state index >= 15 is 0 Å². The molecule has 1 aromatic rings. The van der Waals surface area contributed by atoms with E-state index in [4.69, 9.17) is 0 Å². The minimum absolute atomic E-state index is 0.0512. The second kappa shape index (κ2) is 6.76. The molecular formula is C14H15F3N2O3. The number of alkyl halides is 3. The lowest BCUT2D eigenvalue weighted by Gasteiger charge is -2.13. The highest BCUT2D eigenvalue weighted by atomic mass is 19.4. The zero-order chi connectivity index (χ0) is 16.2. The molecule has 120 valence electrons. The van der Waals surface area contributed by atoms with Crippen LogP contribution in [-0.4, -0.2) is 29.5 Å². The number of nitrogens with zero attached hydrogens (tertiary/aromatic N) is 1. The number of carbonyl (C=O) groups excluding carboxylic acids is 2. The number of halogens is 3. The molecule has 1 amide bonds. The van der Waals surface area contributed by atoms with Crippen molar-refractivity contribution in [3.63, 3.8) is 0 Å². The van der Waals surface area contributed by atoms with Crippen molar-refractivity contribution in [1.29, 1.82) is 0 Å². The molecule has 1 aliphatic carbocycles. The van der Waals surface area contributed by atoms with Crippen molar-refractivity contribution in [3.8, 4) is 0 Å². The van der Waals surface area contributed by atoms with E-state index in [0.717, 1.165) is 37.9 Å². The lowest BCUT2D eigenvalue weighted by Crippen LogP contribution is -2.36. The van der Waals surface area contributed by atoms with Crippen molar-refractivity contribution >= 4 is 11.9 Å². The molecule has 0 bridgehead atoms. The van der Waals surface area contributed by atoms with Crippen molar-refractivity contribution in [2.45, 2.75) is 37.9 Å². The number of ether oxygens (including phenoxy) is 1. The summed E-state index contributed by atoms with van der Waals surface area (Å²) in [7, 11) is 0. The first-order valence-electron chi connectivity index (χ1n) is 6.86. The van der Waals surface area contributed by atoms with Crippen LogP contribution in [0.1, 0.15) is 41.7 Å². The van der Waals surface area contributed by atoms with Crippen LogP contribution in [0.15, 0.2) is 18.3 Å². The monoisotopic (exact) mass is 316 g/mol. The highest BCUT2D eigenvalue weighted by Crippen LogP contribution is 2.30. The average molecular weight is 316 g/mol. The molecular weight excluding hydrogens is 301 g/mol. The molecule has 8 heteroatoms. The first kappa shape index (κ1) is 16.3. The van der Waals surface area contributed by atoms with Gasteiger partial charge in [0.2, 0.25) is 0 Å². The highest BCUT2D eigenvalue weighted by Gasteiger charge is 2.37. The maximum Gasteiger partial charge on any atom is 0.434 e. The second-order valence-electron chi connectivity index (χ2n) is 5.02. The molecule has 1 aromatic heterocycles. The quantitative estimate of drug-likeness (QED) is 0.866.